The molecular weight excluding hydrogens is 362 g/mol. The second kappa shape index (κ2) is 8.09. The minimum absolute atomic E-state index is 0.217. The lowest BCUT2D eigenvalue weighted by Gasteiger charge is -2.37. The van der Waals surface area contributed by atoms with Crippen LogP contribution < -0.4 is 4.90 Å². The Morgan fingerprint density at radius 2 is 1.90 bits per heavy atom. The van der Waals surface area contributed by atoms with Crippen LogP contribution in [0.4, 0.5) is 5.95 Å². The molecule has 29 heavy (non-hydrogen) atoms. The summed E-state index contributed by atoms with van der Waals surface area (Å²) < 4.78 is 0. The Morgan fingerprint density at radius 1 is 1.10 bits per heavy atom. The summed E-state index contributed by atoms with van der Waals surface area (Å²) in [7, 11) is 0. The molecule has 4 heterocycles. The van der Waals surface area contributed by atoms with Crippen LogP contribution in [0.2, 0.25) is 0 Å². The van der Waals surface area contributed by atoms with Crippen molar-refractivity contribution in [2.75, 3.05) is 31.1 Å². The van der Waals surface area contributed by atoms with Gasteiger partial charge in [0.1, 0.15) is 0 Å². The van der Waals surface area contributed by atoms with Crippen molar-refractivity contribution in [3.05, 3.63) is 36.4 Å². The fraction of sp³-hybridized carbons (Fsp3) is 0.565. The molecule has 1 amide bonds. The quantitative estimate of drug-likeness (QED) is 0.792. The van der Waals surface area contributed by atoms with Crippen molar-refractivity contribution in [3.63, 3.8) is 0 Å². The predicted octanol–water partition coefficient (Wildman–Crippen LogP) is 3.89. The smallest absolute Gasteiger partial charge is 0.227 e. The first-order valence-corrected chi connectivity index (χ1v) is 10.7. The monoisotopic (exact) mass is 393 g/mol. The third kappa shape index (κ3) is 4.26. The molecule has 2 saturated heterocycles. The normalized spacial score (nSPS) is 20.2. The third-order valence-electron chi connectivity index (χ3n) is 5.90. The van der Waals surface area contributed by atoms with Crippen LogP contribution in [0.1, 0.15) is 58.1 Å². The summed E-state index contributed by atoms with van der Waals surface area (Å²) in [5.74, 6) is 1.26. The predicted molar refractivity (Wildman–Crippen MR) is 115 cm³/mol. The number of aromatic nitrogens is 3. The van der Waals surface area contributed by atoms with Gasteiger partial charge in [-0.15, -0.1) is 0 Å². The maximum atomic E-state index is 12.9. The van der Waals surface area contributed by atoms with E-state index in [0.717, 1.165) is 61.8 Å². The Balaban J connectivity index is 1.69. The van der Waals surface area contributed by atoms with E-state index in [1.54, 1.807) is 6.20 Å². The van der Waals surface area contributed by atoms with E-state index >= 15 is 0 Å². The van der Waals surface area contributed by atoms with E-state index in [1.807, 2.05) is 44.1 Å². The molecule has 6 heteroatoms. The van der Waals surface area contributed by atoms with E-state index in [-0.39, 0.29) is 17.2 Å². The van der Waals surface area contributed by atoms with Gasteiger partial charge in [0.25, 0.3) is 0 Å². The topological polar surface area (TPSA) is 62.2 Å². The zero-order valence-corrected chi connectivity index (χ0v) is 17.8. The lowest BCUT2D eigenvalue weighted by molar-refractivity contribution is -0.140. The highest BCUT2D eigenvalue weighted by Crippen LogP contribution is 2.35. The van der Waals surface area contributed by atoms with Crippen LogP contribution in [0.15, 0.2) is 30.7 Å². The summed E-state index contributed by atoms with van der Waals surface area (Å²) in [5.41, 5.74) is 2.77. The van der Waals surface area contributed by atoms with Gasteiger partial charge in [0, 0.05) is 67.2 Å². The second-order valence-electron chi connectivity index (χ2n) is 9.25. The average molecular weight is 394 g/mol. The van der Waals surface area contributed by atoms with Gasteiger partial charge < -0.3 is 9.80 Å². The molecule has 0 saturated carbocycles. The fourth-order valence-electron chi connectivity index (χ4n) is 4.37. The van der Waals surface area contributed by atoms with E-state index < -0.39 is 0 Å². The van der Waals surface area contributed by atoms with Crippen molar-refractivity contribution in [2.45, 2.75) is 52.4 Å². The van der Waals surface area contributed by atoms with E-state index in [2.05, 4.69) is 16.0 Å². The Hall–Kier alpha value is -2.50. The highest BCUT2D eigenvalue weighted by molar-refractivity contribution is 5.81. The van der Waals surface area contributed by atoms with Crippen molar-refractivity contribution >= 4 is 11.9 Å². The van der Waals surface area contributed by atoms with E-state index in [1.165, 1.54) is 12.8 Å². The Labute approximate surface area is 173 Å². The van der Waals surface area contributed by atoms with Crippen LogP contribution in [-0.2, 0) is 4.79 Å². The summed E-state index contributed by atoms with van der Waals surface area (Å²) in [6.45, 7) is 9.58. The van der Waals surface area contributed by atoms with Crippen LogP contribution >= 0.6 is 0 Å². The number of carbonyl (C=O) groups excluding carboxylic acids is 1. The molecule has 0 unspecified atom stereocenters. The van der Waals surface area contributed by atoms with Gasteiger partial charge in [0.15, 0.2) is 0 Å². The molecule has 1 atom stereocenters. The highest BCUT2D eigenvalue weighted by Gasteiger charge is 2.33. The summed E-state index contributed by atoms with van der Waals surface area (Å²) in [6, 6.07) is 4.01. The number of nitrogens with zero attached hydrogens (tertiary/aromatic N) is 5. The summed E-state index contributed by atoms with van der Waals surface area (Å²) in [6.07, 6.45) is 10.0. The van der Waals surface area contributed by atoms with Crippen LogP contribution in [0.25, 0.3) is 11.1 Å². The number of rotatable bonds is 3. The molecule has 2 aliphatic rings. The van der Waals surface area contributed by atoms with Gasteiger partial charge in [-0.25, -0.2) is 9.97 Å². The largest absolute Gasteiger partial charge is 0.342 e. The Kier molecular flexibility index (Phi) is 5.52. The van der Waals surface area contributed by atoms with Gasteiger partial charge in [-0.1, -0.05) is 26.8 Å². The van der Waals surface area contributed by atoms with Crippen molar-refractivity contribution in [1.82, 2.24) is 19.9 Å². The zero-order valence-electron chi connectivity index (χ0n) is 17.8. The van der Waals surface area contributed by atoms with Crippen molar-refractivity contribution in [2.24, 2.45) is 5.41 Å². The Morgan fingerprint density at radius 3 is 2.59 bits per heavy atom. The third-order valence-corrected chi connectivity index (χ3v) is 5.90. The lowest BCUT2D eigenvalue weighted by atomic mass is 9.88. The molecule has 2 aromatic rings. The molecule has 2 aromatic heterocycles. The maximum absolute atomic E-state index is 12.9. The number of hydrogen-bond acceptors (Lipinski definition) is 5. The van der Waals surface area contributed by atoms with E-state index in [9.17, 15) is 4.79 Å². The molecule has 0 spiro atoms. The molecule has 4 rings (SSSR count). The number of piperidine rings is 1. The van der Waals surface area contributed by atoms with Gasteiger partial charge in [-0.05, 0) is 31.7 Å². The maximum Gasteiger partial charge on any atom is 0.227 e. The molecular formula is C23H31N5O. The summed E-state index contributed by atoms with van der Waals surface area (Å²) >= 11 is 0. The van der Waals surface area contributed by atoms with Crippen molar-refractivity contribution in [3.8, 4) is 11.1 Å². The van der Waals surface area contributed by atoms with Crippen LogP contribution in [0.3, 0.4) is 0 Å². The highest BCUT2D eigenvalue weighted by atomic mass is 16.2. The van der Waals surface area contributed by atoms with Gasteiger partial charge in [0.05, 0.1) is 5.69 Å². The first-order valence-electron chi connectivity index (χ1n) is 10.7. The van der Waals surface area contributed by atoms with Crippen LogP contribution in [0.5, 0.6) is 0 Å². The minimum Gasteiger partial charge on any atom is -0.342 e. The number of anilines is 1. The van der Waals surface area contributed by atoms with E-state index in [0.29, 0.717) is 0 Å². The molecule has 0 radical (unpaired) electrons. The van der Waals surface area contributed by atoms with Gasteiger partial charge in [-0.3, -0.25) is 9.78 Å². The molecule has 0 bridgehead atoms. The first kappa shape index (κ1) is 19.8. The molecule has 2 fully saturated rings. The zero-order chi connectivity index (χ0) is 20.4. The van der Waals surface area contributed by atoms with Crippen LogP contribution in [-0.4, -0.2) is 51.9 Å². The number of carbonyl (C=O) groups is 1. The summed E-state index contributed by atoms with van der Waals surface area (Å²) in [4.78, 5) is 31.2. The standard InChI is InChI=1S/C23H31N5O/c1-23(2,3)21(29)28-13-7-9-18(16-28)20-19(17-8-6-10-24-14-17)15-25-22(26-20)27-11-4-5-12-27/h6,8,10,14-15,18H,4-5,7,9,11-13,16H2,1-3H3/t18-/m1/s1. The average Bonchev–Trinajstić information content (AvgIpc) is 3.28. The van der Waals surface area contributed by atoms with Crippen molar-refractivity contribution < 1.29 is 4.79 Å². The number of likely N-dealkylation sites (tertiary alicyclic amines) is 1. The SMILES string of the molecule is CC(C)(C)C(=O)N1CCC[C@@H](c2nc(N3CCCC3)ncc2-c2cccnc2)C1. The second-order valence-corrected chi connectivity index (χ2v) is 9.25. The number of pyridine rings is 1. The minimum atomic E-state index is -0.361. The molecule has 0 aromatic carbocycles. The fourth-order valence-corrected chi connectivity index (χ4v) is 4.37. The number of hydrogen-bond donors (Lipinski definition) is 0. The summed E-state index contributed by atoms with van der Waals surface area (Å²) in [5, 5.41) is 0. The molecule has 154 valence electrons. The first-order chi connectivity index (χ1) is 13.9. The lowest BCUT2D eigenvalue weighted by Crippen LogP contribution is -2.44. The Bertz CT molecular complexity index is 855. The van der Waals surface area contributed by atoms with Gasteiger partial charge in [-0.2, -0.15) is 0 Å². The molecule has 0 aliphatic carbocycles. The van der Waals surface area contributed by atoms with E-state index in [4.69, 9.17) is 9.97 Å². The molecule has 0 N–H and O–H groups in total. The van der Waals surface area contributed by atoms with Gasteiger partial charge >= 0.3 is 0 Å². The number of amides is 1. The van der Waals surface area contributed by atoms with Gasteiger partial charge in [0.2, 0.25) is 11.9 Å². The molecule has 2 aliphatic heterocycles. The van der Waals surface area contributed by atoms with Crippen molar-refractivity contribution in [1.29, 1.82) is 0 Å². The van der Waals surface area contributed by atoms with Crippen LogP contribution in [0, 0.1) is 5.41 Å². The molecule has 6 nitrogen and oxygen atoms in total.